The molecule has 0 aromatic heterocycles. The normalized spacial score (nSPS) is 13.1. The van der Waals surface area contributed by atoms with Gasteiger partial charge in [-0.25, -0.2) is 4.39 Å². The average molecular weight is 266 g/mol. The summed E-state index contributed by atoms with van der Waals surface area (Å²) < 4.78 is 13.0. The van der Waals surface area contributed by atoms with Crippen molar-refractivity contribution >= 4 is 5.91 Å². The first-order valence-corrected chi connectivity index (χ1v) is 6.56. The summed E-state index contributed by atoms with van der Waals surface area (Å²) >= 11 is 0. The Hall–Kier alpha value is -1.42. The molecule has 0 spiro atoms. The van der Waals surface area contributed by atoms with E-state index in [2.05, 4.69) is 5.32 Å². The minimum absolute atomic E-state index is 0.0566. The quantitative estimate of drug-likeness (QED) is 0.859. The van der Waals surface area contributed by atoms with Crippen molar-refractivity contribution in [3.63, 3.8) is 0 Å². The number of hydrogen-bond acceptors (Lipinski definition) is 2. The third-order valence-corrected chi connectivity index (χ3v) is 3.14. The Bertz CT molecular complexity index is 426. The van der Waals surface area contributed by atoms with E-state index in [1.807, 2.05) is 26.8 Å². The molecular formula is C15H23FN2O. The van der Waals surface area contributed by atoms with Crippen LogP contribution in [0.5, 0.6) is 0 Å². The van der Waals surface area contributed by atoms with Crippen LogP contribution in [0.4, 0.5) is 4.39 Å². The number of carbonyl (C=O) groups is 1. The maximum atomic E-state index is 13.0. The van der Waals surface area contributed by atoms with Gasteiger partial charge in [0.25, 0.3) is 0 Å². The van der Waals surface area contributed by atoms with E-state index in [4.69, 9.17) is 5.73 Å². The van der Waals surface area contributed by atoms with Gasteiger partial charge in [-0.1, -0.05) is 32.9 Å². The van der Waals surface area contributed by atoms with Crippen molar-refractivity contribution < 1.29 is 9.18 Å². The number of nitrogens with one attached hydrogen (secondary N) is 1. The first kappa shape index (κ1) is 15.6. The van der Waals surface area contributed by atoms with Crippen LogP contribution in [0.2, 0.25) is 0 Å². The predicted octanol–water partition coefficient (Wildman–Crippen LogP) is 2.25. The maximum Gasteiger partial charge on any atom is 0.221 e. The van der Waals surface area contributed by atoms with E-state index in [1.165, 1.54) is 12.1 Å². The Labute approximate surface area is 114 Å². The summed E-state index contributed by atoms with van der Waals surface area (Å²) in [5, 5.41) is 2.81. The van der Waals surface area contributed by atoms with Crippen LogP contribution in [-0.4, -0.2) is 18.5 Å². The van der Waals surface area contributed by atoms with Crippen LogP contribution in [0.1, 0.15) is 32.8 Å². The Morgan fingerprint density at radius 3 is 2.68 bits per heavy atom. The van der Waals surface area contributed by atoms with Crippen molar-refractivity contribution in [3.05, 3.63) is 35.6 Å². The fourth-order valence-corrected chi connectivity index (χ4v) is 1.62. The van der Waals surface area contributed by atoms with Gasteiger partial charge in [0.15, 0.2) is 0 Å². The van der Waals surface area contributed by atoms with E-state index >= 15 is 0 Å². The predicted molar refractivity (Wildman–Crippen MR) is 75.2 cm³/mol. The SMILES string of the molecule is CC(C)(C)C(N)CC(=O)NCCc1cccc(F)c1. The molecule has 1 amide bonds. The van der Waals surface area contributed by atoms with E-state index in [0.717, 1.165) is 5.56 Å². The van der Waals surface area contributed by atoms with Crippen LogP contribution < -0.4 is 11.1 Å². The molecule has 0 bridgehead atoms. The topological polar surface area (TPSA) is 55.1 Å². The van der Waals surface area contributed by atoms with E-state index in [-0.39, 0.29) is 23.2 Å². The molecule has 0 heterocycles. The summed E-state index contributed by atoms with van der Waals surface area (Å²) in [6.07, 6.45) is 0.931. The molecule has 106 valence electrons. The van der Waals surface area contributed by atoms with Gasteiger partial charge in [0.05, 0.1) is 0 Å². The highest BCUT2D eigenvalue weighted by molar-refractivity contribution is 5.76. The van der Waals surface area contributed by atoms with E-state index in [1.54, 1.807) is 6.07 Å². The van der Waals surface area contributed by atoms with Crippen molar-refractivity contribution in [2.24, 2.45) is 11.1 Å². The first-order valence-electron chi connectivity index (χ1n) is 6.56. The molecule has 0 saturated carbocycles. The molecule has 19 heavy (non-hydrogen) atoms. The first-order chi connectivity index (χ1) is 8.79. The highest BCUT2D eigenvalue weighted by Crippen LogP contribution is 2.19. The average Bonchev–Trinajstić information content (AvgIpc) is 2.27. The second kappa shape index (κ2) is 6.66. The molecule has 1 aromatic rings. The highest BCUT2D eigenvalue weighted by atomic mass is 19.1. The van der Waals surface area contributed by atoms with Crippen molar-refractivity contribution in [3.8, 4) is 0 Å². The Kier molecular flexibility index (Phi) is 5.48. The van der Waals surface area contributed by atoms with Crippen molar-refractivity contribution in [2.45, 2.75) is 39.7 Å². The van der Waals surface area contributed by atoms with Gasteiger partial charge in [0.1, 0.15) is 5.82 Å². The lowest BCUT2D eigenvalue weighted by molar-refractivity contribution is -0.121. The lowest BCUT2D eigenvalue weighted by Crippen LogP contribution is -2.40. The summed E-state index contributed by atoms with van der Waals surface area (Å²) in [5.74, 6) is -0.308. The summed E-state index contributed by atoms with van der Waals surface area (Å²) in [6.45, 7) is 6.53. The van der Waals surface area contributed by atoms with Gasteiger partial charge in [-0.2, -0.15) is 0 Å². The molecule has 3 N–H and O–H groups in total. The van der Waals surface area contributed by atoms with E-state index in [0.29, 0.717) is 19.4 Å². The fraction of sp³-hybridized carbons (Fsp3) is 0.533. The van der Waals surface area contributed by atoms with Crippen LogP contribution in [0, 0.1) is 11.2 Å². The Morgan fingerprint density at radius 2 is 2.11 bits per heavy atom. The number of benzene rings is 1. The van der Waals surface area contributed by atoms with Gasteiger partial charge in [-0.3, -0.25) is 4.79 Å². The van der Waals surface area contributed by atoms with Crippen molar-refractivity contribution in [2.75, 3.05) is 6.54 Å². The molecule has 1 atom stereocenters. The molecule has 0 fully saturated rings. The van der Waals surface area contributed by atoms with Gasteiger partial charge < -0.3 is 11.1 Å². The largest absolute Gasteiger partial charge is 0.356 e. The van der Waals surface area contributed by atoms with Crippen LogP contribution in [-0.2, 0) is 11.2 Å². The highest BCUT2D eigenvalue weighted by Gasteiger charge is 2.22. The number of rotatable bonds is 5. The molecular weight excluding hydrogens is 243 g/mol. The Balaban J connectivity index is 2.32. The molecule has 0 aliphatic heterocycles. The van der Waals surface area contributed by atoms with Gasteiger partial charge in [0, 0.05) is 19.0 Å². The lowest BCUT2D eigenvalue weighted by Gasteiger charge is -2.26. The summed E-state index contributed by atoms with van der Waals surface area (Å²) in [5.41, 5.74) is 6.74. The molecule has 3 nitrogen and oxygen atoms in total. The molecule has 1 aromatic carbocycles. The van der Waals surface area contributed by atoms with Gasteiger partial charge in [-0.05, 0) is 29.5 Å². The number of halogens is 1. The molecule has 0 radical (unpaired) electrons. The smallest absolute Gasteiger partial charge is 0.221 e. The Morgan fingerprint density at radius 1 is 1.42 bits per heavy atom. The molecule has 0 saturated heterocycles. The van der Waals surface area contributed by atoms with Crippen LogP contribution in [0.15, 0.2) is 24.3 Å². The van der Waals surface area contributed by atoms with E-state index in [9.17, 15) is 9.18 Å². The summed E-state index contributed by atoms with van der Waals surface area (Å²) in [7, 11) is 0. The van der Waals surface area contributed by atoms with Crippen LogP contribution in [0.25, 0.3) is 0 Å². The molecule has 0 aliphatic carbocycles. The number of hydrogen-bond donors (Lipinski definition) is 2. The monoisotopic (exact) mass is 266 g/mol. The zero-order valence-corrected chi connectivity index (χ0v) is 11.9. The zero-order chi connectivity index (χ0) is 14.5. The van der Waals surface area contributed by atoms with Gasteiger partial charge in [0.2, 0.25) is 5.91 Å². The van der Waals surface area contributed by atoms with Crippen LogP contribution in [0.3, 0.4) is 0 Å². The minimum Gasteiger partial charge on any atom is -0.356 e. The van der Waals surface area contributed by atoms with E-state index < -0.39 is 0 Å². The summed E-state index contributed by atoms with van der Waals surface area (Å²) in [6, 6.07) is 6.23. The van der Waals surface area contributed by atoms with Crippen molar-refractivity contribution in [1.82, 2.24) is 5.32 Å². The molecule has 4 heteroatoms. The van der Waals surface area contributed by atoms with Crippen LogP contribution >= 0.6 is 0 Å². The fourth-order valence-electron chi connectivity index (χ4n) is 1.62. The second-order valence-electron chi connectivity index (χ2n) is 5.91. The zero-order valence-electron chi connectivity index (χ0n) is 11.9. The number of amides is 1. The third-order valence-electron chi connectivity index (χ3n) is 3.14. The molecule has 1 unspecified atom stereocenters. The standard InChI is InChI=1S/C15H23FN2O/c1-15(2,3)13(17)10-14(19)18-8-7-11-5-4-6-12(16)9-11/h4-6,9,13H,7-8,10,17H2,1-3H3,(H,18,19). The minimum atomic E-state index is -0.251. The van der Waals surface area contributed by atoms with Gasteiger partial charge in [-0.15, -0.1) is 0 Å². The second-order valence-corrected chi connectivity index (χ2v) is 5.91. The molecule has 0 aliphatic rings. The van der Waals surface area contributed by atoms with Crippen molar-refractivity contribution in [1.29, 1.82) is 0 Å². The molecule has 1 rings (SSSR count). The summed E-state index contributed by atoms with van der Waals surface area (Å²) in [4.78, 5) is 11.7. The third kappa shape index (κ3) is 5.83. The maximum absolute atomic E-state index is 13.0. The number of nitrogens with two attached hydrogens (primary N) is 1. The van der Waals surface area contributed by atoms with Gasteiger partial charge >= 0.3 is 0 Å². The number of carbonyl (C=O) groups excluding carboxylic acids is 1. The lowest BCUT2D eigenvalue weighted by atomic mass is 9.85.